The summed E-state index contributed by atoms with van der Waals surface area (Å²) in [7, 11) is 1.87. The highest BCUT2D eigenvalue weighted by molar-refractivity contribution is 7.99. The molecule has 4 heteroatoms. The molecule has 92 valence electrons. The van der Waals surface area contributed by atoms with Gasteiger partial charge in [0, 0.05) is 24.3 Å². The first-order valence-corrected chi connectivity index (χ1v) is 7.11. The molecule has 0 radical (unpaired) electrons. The van der Waals surface area contributed by atoms with Gasteiger partial charge in [-0.3, -0.25) is 4.79 Å². The molecule has 1 aromatic carbocycles. The molecule has 17 heavy (non-hydrogen) atoms. The molecule has 1 aliphatic rings. The highest BCUT2D eigenvalue weighted by Gasteiger charge is 2.16. The Bertz CT molecular complexity index is 372. The van der Waals surface area contributed by atoms with Gasteiger partial charge in [-0.15, -0.1) is 0 Å². The fourth-order valence-corrected chi connectivity index (χ4v) is 3.01. The first kappa shape index (κ1) is 12.3. The van der Waals surface area contributed by atoms with Crippen LogP contribution in [-0.2, 0) is 0 Å². The van der Waals surface area contributed by atoms with Crippen LogP contribution in [0.25, 0.3) is 0 Å². The minimum atomic E-state index is 0.0459. The van der Waals surface area contributed by atoms with E-state index in [1.54, 1.807) is 0 Å². The van der Waals surface area contributed by atoms with E-state index in [1.165, 1.54) is 0 Å². The maximum Gasteiger partial charge on any atom is 0.251 e. The van der Waals surface area contributed by atoms with Crippen molar-refractivity contribution >= 4 is 23.4 Å². The van der Waals surface area contributed by atoms with Crippen LogP contribution in [0.1, 0.15) is 23.2 Å². The number of benzene rings is 1. The molecular formula is C13H18N2OS. The third-order valence-corrected chi connectivity index (χ3v) is 4.04. The van der Waals surface area contributed by atoms with E-state index in [9.17, 15) is 4.79 Å². The van der Waals surface area contributed by atoms with Crippen LogP contribution in [0.15, 0.2) is 24.3 Å². The third kappa shape index (κ3) is 3.40. The van der Waals surface area contributed by atoms with Crippen LogP contribution in [-0.4, -0.2) is 30.5 Å². The lowest BCUT2D eigenvalue weighted by Gasteiger charge is -2.22. The second kappa shape index (κ2) is 5.96. The van der Waals surface area contributed by atoms with Gasteiger partial charge in [-0.05, 0) is 48.6 Å². The van der Waals surface area contributed by atoms with Crippen molar-refractivity contribution in [3.63, 3.8) is 0 Å². The summed E-state index contributed by atoms with van der Waals surface area (Å²) in [6.45, 7) is 0. The average molecular weight is 250 g/mol. The van der Waals surface area contributed by atoms with Gasteiger partial charge in [-0.25, -0.2) is 0 Å². The predicted molar refractivity (Wildman–Crippen MR) is 73.8 cm³/mol. The Labute approximate surface area is 106 Å². The van der Waals surface area contributed by atoms with Gasteiger partial charge >= 0.3 is 0 Å². The van der Waals surface area contributed by atoms with Crippen molar-refractivity contribution in [1.82, 2.24) is 5.32 Å². The zero-order valence-corrected chi connectivity index (χ0v) is 10.8. The maximum atomic E-state index is 12.0. The van der Waals surface area contributed by atoms with Crippen molar-refractivity contribution < 1.29 is 4.79 Å². The Morgan fingerprint density at radius 1 is 1.24 bits per heavy atom. The lowest BCUT2D eigenvalue weighted by Crippen LogP contribution is -2.37. The van der Waals surface area contributed by atoms with Crippen molar-refractivity contribution in [2.75, 3.05) is 23.9 Å². The van der Waals surface area contributed by atoms with Gasteiger partial charge in [-0.2, -0.15) is 11.8 Å². The van der Waals surface area contributed by atoms with Crippen LogP contribution in [0.2, 0.25) is 0 Å². The van der Waals surface area contributed by atoms with Crippen molar-refractivity contribution in [3.05, 3.63) is 29.8 Å². The Morgan fingerprint density at radius 3 is 2.47 bits per heavy atom. The van der Waals surface area contributed by atoms with E-state index in [0.717, 1.165) is 35.6 Å². The van der Waals surface area contributed by atoms with Crippen LogP contribution in [0.4, 0.5) is 5.69 Å². The third-order valence-electron chi connectivity index (χ3n) is 2.99. The lowest BCUT2D eigenvalue weighted by atomic mass is 10.1. The molecule has 0 unspecified atom stereocenters. The number of nitrogens with one attached hydrogen (secondary N) is 2. The summed E-state index contributed by atoms with van der Waals surface area (Å²) >= 11 is 1.97. The minimum absolute atomic E-state index is 0.0459. The summed E-state index contributed by atoms with van der Waals surface area (Å²) in [5, 5.41) is 6.14. The van der Waals surface area contributed by atoms with Gasteiger partial charge in [0.05, 0.1) is 0 Å². The first-order valence-electron chi connectivity index (χ1n) is 5.96. The van der Waals surface area contributed by atoms with E-state index < -0.39 is 0 Å². The lowest BCUT2D eigenvalue weighted by molar-refractivity contribution is 0.0935. The molecule has 0 saturated carbocycles. The predicted octanol–water partition coefficient (Wildman–Crippen LogP) is 2.35. The largest absolute Gasteiger partial charge is 0.388 e. The summed E-state index contributed by atoms with van der Waals surface area (Å²) in [5.41, 5.74) is 1.76. The minimum Gasteiger partial charge on any atom is -0.388 e. The van der Waals surface area contributed by atoms with E-state index >= 15 is 0 Å². The van der Waals surface area contributed by atoms with Crippen LogP contribution in [0, 0.1) is 0 Å². The Hall–Kier alpha value is -1.16. The number of rotatable bonds is 3. The zero-order valence-electron chi connectivity index (χ0n) is 10.0. The number of carbonyl (C=O) groups is 1. The number of amides is 1. The van der Waals surface area contributed by atoms with Gasteiger partial charge < -0.3 is 10.6 Å². The Morgan fingerprint density at radius 2 is 1.88 bits per heavy atom. The smallest absolute Gasteiger partial charge is 0.251 e. The Kier molecular flexibility index (Phi) is 4.31. The van der Waals surface area contributed by atoms with E-state index in [-0.39, 0.29) is 5.91 Å². The fourth-order valence-electron chi connectivity index (χ4n) is 1.90. The van der Waals surface area contributed by atoms with Gasteiger partial charge in [0.2, 0.25) is 0 Å². The molecule has 0 spiro atoms. The van der Waals surface area contributed by atoms with Crippen molar-refractivity contribution in [1.29, 1.82) is 0 Å². The Balaban J connectivity index is 1.93. The van der Waals surface area contributed by atoms with Gasteiger partial charge in [0.25, 0.3) is 5.91 Å². The van der Waals surface area contributed by atoms with Crippen LogP contribution >= 0.6 is 11.8 Å². The van der Waals surface area contributed by atoms with Gasteiger partial charge in [-0.1, -0.05) is 0 Å². The number of hydrogen-bond donors (Lipinski definition) is 2. The molecule has 1 heterocycles. The number of thioether (sulfide) groups is 1. The highest BCUT2D eigenvalue weighted by atomic mass is 32.2. The monoisotopic (exact) mass is 250 g/mol. The fraction of sp³-hybridized carbons (Fsp3) is 0.462. The maximum absolute atomic E-state index is 12.0. The second-order valence-corrected chi connectivity index (χ2v) is 5.41. The SMILES string of the molecule is CNc1ccc(C(=O)NC2CCSCC2)cc1. The number of anilines is 1. The molecule has 0 aliphatic carbocycles. The van der Waals surface area contributed by atoms with Gasteiger partial charge in [0.1, 0.15) is 0 Å². The summed E-state index contributed by atoms with van der Waals surface area (Å²) in [5.74, 6) is 2.36. The zero-order chi connectivity index (χ0) is 12.1. The van der Waals surface area contributed by atoms with Crippen molar-refractivity contribution in [2.45, 2.75) is 18.9 Å². The molecule has 1 fully saturated rings. The van der Waals surface area contributed by atoms with E-state index in [2.05, 4.69) is 10.6 Å². The molecule has 1 amide bonds. The normalized spacial score (nSPS) is 16.5. The second-order valence-electron chi connectivity index (χ2n) is 4.19. The molecule has 0 bridgehead atoms. The van der Waals surface area contributed by atoms with Crippen molar-refractivity contribution in [2.24, 2.45) is 0 Å². The molecule has 0 atom stereocenters. The molecule has 1 aliphatic heterocycles. The van der Waals surface area contributed by atoms with Gasteiger partial charge in [0.15, 0.2) is 0 Å². The van der Waals surface area contributed by atoms with Crippen LogP contribution in [0.3, 0.4) is 0 Å². The summed E-state index contributed by atoms with van der Waals surface area (Å²) < 4.78 is 0. The van der Waals surface area contributed by atoms with Crippen molar-refractivity contribution in [3.8, 4) is 0 Å². The average Bonchev–Trinajstić information content (AvgIpc) is 2.40. The molecule has 1 aromatic rings. The van der Waals surface area contributed by atoms with Crippen LogP contribution < -0.4 is 10.6 Å². The summed E-state index contributed by atoms with van der Waals surface area (Å²) in [6.07, 6.45) is 2.18. The van der Waals surface area contributed by atoms with E-state index in [4.69, 9.17) is 0 Å². The molecule has 2 rings (SSSR count). The summed E-state index contributed by atoms with van der Waals surface area (Å²) in [4.78, 5) is 12.0. The molecule has 1 saturated heterocycles. The standard InChI is InChI=1S/C13H18N2OS/c1-14-11-4-2-10(3-5-11)13(16)15-12-6-8-17-9-7-12/h2-5,12,14H,6-9H2,1H3,(H,15,16). The molecular weight excluding hydrogens is 232 g/mol. The van der Waals surface area contributed by atoms with Crippen LogP contribution in [0.5, 0.6) is 0 Å². The molecule has 0 aromatic heterocycles. The number of carbonyl (C=O) groups excluding carboxylic acids is 1. The number of hydrogen-bond acceptors (Lipinski definition) is 3. The molecule has 3 nitrogen and oxygen atoms in total. The summed E-state index contributed by atoms with van der Waals surface area (Å²) in [6, 6.07) is 7.92. The molecule has 2 N–H and O–H groups in total. The quantitative estimate of drug-likeness (QED) is 0.865. The van der Waals surface area contributed by atoms with E-state index in [1.807, 2.05) is 43.1 Å². The van der Waals surface area contributed by atoms with E-state index in [0.29, 0.717) is 6.04 Å². The first-order chi connectivity index (χ1) is 8.29. The topological polar surface area (TPSA) is 41.1 Å². The highest BCUT2D eigenvalue weighted by Crippen LogP contribution is 2.17.